The summed E-state index contributed by atoms with van der Waals surface area (Å²) in [4.78, 5) is 0. The van der Waals surface area contributed by atoms with E-state index < -0.39 is 0 Å². The van der Waals surface area contributed by atoms with Crippen LogP contribution in [-0.2, 0) is 4.74 Å². The molecule has 2 unspecified atom stereocenters. The van der Waals surface area contributed by atoms with E-state index in [1.807, 2.05) is 0 Å². The normalized spacial score (nSPS) is 16.4. The van der Waals surface area contributed by atoms with E-state index in [4.69, 9.17) is 10.5 Å². The lowest BCUT2D eigenvalue weighted by Crippen LogP contribution is -2.39. The van der Waals surface area contributed by atoms with Crippen LogP contribution in [0.5, 0.6) is 0 Å². The molecule has 0 aromatic carbocycles. The zero-order valence-corrected chi connectivity index (χ0v) is 11.2. The average Bonchev–Trinajstić information content (AvgIpc) is 2.27. The molecule has 15 heavy (non-hydrogen) atoms. The Morgan fingerprint density at radius 3 is 2.07 bits per heavy atom. The summed E-state index contributed by atoms with van der Waals surface area (Å²) in [6, 6.07) is 0. The van der Waals surface area contributed by atoms with E-state index in [9.17, 15) is 0 Å². The molecule has 0 spiro atoms. The van der Waals surface area contributed by atoms with Crippen molar-refractivity contribution in [3.63, 3.8) is 0 Å². The number of rotatable bonds is 8. The van der Waals surface area contributed by atoms with E-state index in [-0.39, 0.29) is 5.54 Å². The Balaban J connectivity index is 3.78. The smallest absolute Gasteiger partial charge is 0.0572 e. The van der Waals surface area contributed by atoms with Crippen molar-refractivity contribution >= 4 is 0 Å². The Bertz CT molecular complexity index is 155. The lowest BCUT2D eigenvalue weighted by atomic mass is 9.91. The van der Waals surface area contributed by atoms with Crippen molar-refractivity contribution in [2.45, 2.75) is 71.9 Å². The molecule has 0 saturated carbocycles. The Hall–Kier alpha value is -0.0800. The predicted molar refractivity (Wildman–Crippen MR) is 67.0 cm³/mol. The van der Waals surface area contributed by atoms with E-state index in [1.54, 1.807) is 0 Å². The van der Waals surface area contributed by atoms with E-state index in [0.717, 1.165) is 25.9 Å². The molecule has 0 heterocycles. The maximum absolute atomic E-state index is 6.21. The van der Waals surface area contributed by atoms with Crippen molar-refractivity contribution < 1.29 is 4.74 Å². The highest BCUT2D eigenvalue weighted by Crippen LogP contribution is 2.17. The van der Waals surface area contributed by atoms with Crippen molar-refractivity contribution in [3.05, 3.63) is 0 Å². The number of hydrogen-bond acceptors (Lipinski definition) is 2. The van der Waals surface area contributed by atoms with Crippen LogP contribution in [0.2, 0.25) is 0 Å². The maximum Gasteiger partial charge on any atom is 0.0572 e. The predicted octanol–water partition coefficient (Wildman–Crippen LogP) is 3.35. The van der Waals surface area contributed by atoms with Gasteiger partial charge in [0, 0.05) is 12.1 Å². The zero-order chi connectivity index (χ0) is 11.9. The van der Waals surface area contributed by atoms with Crippen molar-refractivity contribution in [2.24, 2.45) is 11.7 Å². The van der Waals surface area contributed by atoms with Crippen molar-refractivity contribution in [1.82, 2.24) is 0 Å². The first kappa shape index (κ1) is 14.9. The molecule has 0 bridgehead atoms. The highest BCUT2D eigenvalue weighted by molar-refractivity contribution is 4.80. The van der Waals surface area contributed by atoms with Gasteiger partial charge < -0.3 is 10.5 Å². The van der Waals surface area contributed by atoms with Crippen LogP contribution < -0.4 is 5.73 Å². The molecule has 0 aliphatic heterocycles. The number of nitrogens with two attached hydrogens (primary N) is 1. The first-order chi connectivity index (χ1) is 6.99. The molecule has 0 aliphatic rings. The van der Waals surface area contributed by atoms with E-state index in [1.165, 1.54) is 6.42 Å². The molecular formula is C13H29NO. The molecule has 0 aromatic rings. The Morgan fingerprint density at radius 2 is 1.67 bits per heavy atom. The third-order valence-corrected chi connectivity index (χ3v) is 3.83. The second-order valence-corrected chi connectivity index (χ2v) is 4.78. The molecule has 0 aromatic heterocycles. The molecule has 0 rings (SSSR count). The first-order valence-electron chi connectivity index (χ1n) is 6.39. The molecule has 2 N–H and O–H groups in total. The first-order valence-corrected chi connectivity index (χ1v) is 6.39. The highest BCUT2D eigenvalue weighted by Gasteiger charge is 2.20. The van der Waals surface area contributed by atoms with Gasteiger partial charge in [-0.2, -0.15) is 0 Å². The van der Waals surface area contributed by atoms with E-state index in [2.05, 4.69) is 34.6 Å². The minimum absolute atomic E-state index is 0.0187. The fourth-order valence-corrected chi connectivity index (χ4v) is 1.55. The molecule has 0 saturated heterocycles. The van der Waals surface area contributed by atoms with Crippen LogP contribution in [0.4, 0.5) is 0 Å². The molecule has 0 fully saturated rings. The van der Waals surface area contributed by atoms with Gasteiger partial charge in [-0.3, -0.25) is 0 Å². The average molecular weight is 215 g/mol. The monoisotopic (exact) mass is 215 g/mol. The summed E-state index contributed by atoms with van der Waals surface area (Å²) in [5, 5.41) is 0. The van der Waals surface area contributed by atoms with Crippen molar-refractivity contribution in [1.29, 1.82) is 0 Å². The van der Waals surface area contributed by atoms with Crippen LogP contribution in [0.3, 0.4) is 0 Å². The lowest BCUT2D eigenvalue weighted by Gasteiger charge is -2.28. The van der Waals surface area contributed by atoms with E-state index >= 15 is 0 Å². The second kappa shape index (κ2) is 7.24. The molecule has 2 heteroatoms. The topological polar surface area (TPSA) is 35.2 Å². The largest absolute Gasteiger partial charge is 0.378 e. The molecular weight excluding hydrogens is 186 g/mol. The third kappa shape index (κ3) is 5.53. The second-order valence-electron chi connectivity index (χ2n) is 4.78. The van der Waals surface area contributed by atoms with Gasteiger partial charge in [-0.15, -0.1) is 0 Å². The van der Waals surface area contributed by atoms with E-state index in [0.29, 0.717) is 12.0 Å². The Labute approximate surface area is 95.6 Å². The summed E-state index contributed by atoms with van der Waals surface area (Å²) in [6.45, 7) is 11.7. The van der Waals surface area contributed by atoms with Gasteiger partial charge in [0.1, 0.15) is 0 Å². The molecule has 0 radical (unpaired) electrons. The Morgan fingerprint density at radius 1 is 1.13 bits per heavy atom. The van der Waals surface area contributed by atoms with Crippen molar-refractivity contribution in [2.75, 3.05) is 6.61 Å². The minimum atomic E-state index is -0.0187. The summed E-state index contributed by atoms with van der Waals surface area (Å²) < 4.78 is 5.81. The zero-order valence-electron chi connectivity index (χ0n) is 11.2. The summed E-state index contributed by atoms with van der Waals surface area (Å²) in [7, 11) is 0. The number of hydrogen-bond donors (Lipinski definition) is 1. The summed E-state index contributed by atoms with van der Waals surface area (Å²) in [5.41, 5.74) is 6.19. The van der Waals surface area contributed by atoms with Crippen LogP contribution in [0.15, 0.2) is 0 Å². The molecule has 92 valence electrons. The van der Waals surface area contributed by atoms with Gasteiger partial charge in [0.25, 0.3) is 0 Å². The minimum Gasteiger partial charge on any atom is -0.378 e. The van der Waals surface area contributed by atoms with Gasteiger partial charge in [-0.05, 0) is 32.1 Å². The summed E-state index contributed by atoms with van der Waals surface area (Å²) in [5.74, 6) is 0.639. The van der Waals surface area contributed by atoms with Gasteiger partial charge in [0.05, 0.1) is 6.10 Å². The highest BCUT2D eigenvalue weighted by atomic mass is 16.5. The fraction of sp³-hybridized carbons (Fsp3) is 1.00. The van der Waals surface area contributed by atoms with Crippen LogP contribution in [-0.4, -0.2) is 18.2 Å². The Kier molecular flexibility index (Phi) is 7.20. The molecule has 2 atom stereocenters. The molecule has 0 aliphatic carbocycles. The standard InChI is InChI=1S/C13H29NO/c1-6-11(4)12(5)15-10-9-13(14,7-2)8-3/h11-12H,6-10,14H2,1-5H3. The quantitative estimate of drug-likeness (QED) is 0.674. The SMILES string of the molecule is CCC(C)C(C)OCCC(N)(CC)CC. The van der Waals surface area contributed by atoms with Crippen LogP contribution >= 0.6 is 0 Å². The fourth-order valence-electron chi connectivity index (χ4n) is 1.55. The van der Waals surface area contributed by atoms with Gasteiger partial charge in [0.2, 0.25) is 0 Å². The lowest BCUT2D eigenvalue weighted by molar-refractivity contribution is 0.0188. The van der Waals surface area contributed by atoms with Crippen LogP contribution in [0.25, 0.3) is 0 Å². The summed E-state index contributed by atoms with van der Waals surface area (Å²) >= 11 is 0. The molecule has 0 amide bonds. The number of ether oxygens (including phenoxy) is 1. The van der Waals surface area contributed by atoms with Crippen LogP contribution in [0.1, 0.15) is 60.3 Å². The maximum atomic E-state index is 6.21. The van der Waals surface area contributed by atoms with Crippen LogP contribution in [0, 0.1) is 5.92 Å². The van der Waals surface area contributed by atoms with Gasteiger partial charge in [-0.1, -0.05) is 34.1 Å². The summed E-state index contributed by atoms with van der Waals surface area (Å²) in [6.07, 6.45) is 4.57. The van der Waals surface area contributed by atoms with Gasteiger partial charge in [-0.25, -0.2) is 0 Å². The van der Waals surface area contributed by atoms with Gasteiger partial charge >= 0.3 is 0 Å². The van der Waals surface area contributed by atoms with Crippen molar-refractivity contribution in [3.8, 4) is 0 Å². The molecule has 2 nitrogen and oxygen atoms in total. The third-order valence-electron chi connectivity index (χ3n) is 3.83. The van der Waals surface area contributed by atoms with Gasteiger partial charge in [0.15, 0.2) is 0 Å².